The average molecular weight is 375 g/mol. The van der Waals surface area contributed by atoms with E-state index in [9.17, 15) is 4.39 Å². The number of hydrogen-bond donors (Lipinski definition) is 2. The van der Waals surface area contributed by atoms with Gasteiger partial charge in [0, 0.05) is 37.8 Å². The fourth-order valence-corrected chi connectivity index (χ4v) is 3.67. The van der Waals surface area contributed by atoms with Crippen LogP contribution in [-0.2, 0) is 11.3 Å². The Hall–Kier alpha value is -2.08. The van der Waals surface area contributed by atoms with Crippen molar-refractivity contribution in [1.29, 1.82) is 0 Å². The number of rotatable bonds is 8. The summed E-state index contributed by atoms with van der Waals surface area (Å²) in [4.78, 5) is 4.68. The highest BCUT2D eigenvalue weighted by atomic mass is 19.1. The first kappa shape index (κ1) is 19.7. The molecule has 148 valence electrons. The summed E-state index contributed by atoms with van der Waals surface area (Å²) in [5, 5.41) is 7.60. The molecule has 0 amide bonds. The van der Waals surface area contributed by atoms with Gasteiger partial charge in [-0.25, -0.2) is 9.38 Å². The number of guanidine groups is 1. The molecule has 1 fully saturated rings. The summed E-state index contributed by atoms with van der Waals surface area (Å²) in [5.41, 5.74) is 1.96. The van der Waals surface area contributed by atoms with Crippen molar-refractivity contribution in [2.24, 2.45) is 10.4 Å². The van der Waals surface area contributed by atoms with Crippen LogP contribution in [-0.4, -0.2) is 32.8 Å². The van der Waals surface area contributed by atoms with Gasteiger partial charge in [0.2, 0.25) is 0 Å². The minimum absolute atomic E-state index is 0.252. The van der Waals surface area contributed by atoms with Crippen molar-refractivity contribution in [3.63, 3.8) is 0 Å². The van der Waals surface area contributed by atoms with Gasteiger partial charge in [0.05, 0.1) is 0 Å². The molecule has 5 nitrogen and oxygen atoms in total. The first-order valence-corrected chi connectivity index (χ1v) is 9.75. The summed E-state index contributed by atoms with van der Waals surface area (Å²) in [7, 11) is 1.76. The van der Waals surface area contributed by atoms with E-state index in [1.165, 1.54) is 31.4 Å². The van der Waals surface area contributed by atoms with Crippen molar-refractivity contribution in [2.75, 3.05) is 26.8 Å². The van der Waals surface area contributed by atoms with Gasteiger partial charge in [0.25, 0.3) is 0 Å². The van der Waals surface area contributed by atoms with Crippen LogP contribution in [0.15, 0.2) is 27.6 Å². The molecule has 1 aliphatic rings. The van der Waals surface area contributed by atoms with Gasteiger partial charge in [0.15, 0.2) is 5.96 Å². The lowest BCUT2D eigenvalue weighted by Gasteiger charge is -2.42. The molecule has 1 saturated carbocycles. The van der Waals surface area contributed by atoms with Gasteiger partial charge >= 0.3 is 0 Å². The quantitative estimate of drug-likeness (QED) is 0.538. The van der Waals surface area contributed by atoms with Gasteiger partial charge in [0.1, 0.15) is 23.7 Å². The van der Waals surface area contributed by atoms with E-state index < -0.39 is 0 Å². The van der Waals surface area contributed by atoms with Gasteiger partial charge in [-0.2, -0.15) is 0 Å². The summed E-state index contributed by atoms with van der Waals surface area (Å²) >= 11 is 0. The summed E-state index contributed by atoms with van der Waals surface area (Å²) in [6.07, 6.45) is 4.83. The Bertz CT molecular complexity index is 796. The second-order valence-corrected chi connectivity index (χ2v) is 7.44. The second-order valence-electron chi connectivity index (χ2n) is 7.44. The Morgan fingerprint density at radius 3 is 2.81 bits per heavy atom. The number of ether oxygens (including phenoxy) is 1. The van der Waals surface area contributed by atoms with E-state index in [-0.39, 0.29) is 5.82 Å². The topological polar surface area (TPSA) is 58.8 Å². The Kier molecular flexibility index (Phi) is 6.37. The SMILES string of the molecule is CCNC(=NCc1oc2ccc(F)cc2c1C)NCC1(CCOC)CCC1. The van der Waals surface area contributed by atoms with Crippen LogP contribution in [0.25, 0.3) is 11.0 Å². The van der Waals surface area contributed by atoms with E-state index in [2.05, 4.69) is 22.5 Å². The molecule has 0 spiro atoms. The number of aliphatic imine (C=N–C) groups is 1. The van der Waals surface area contributed by atoms with Crippen LogP contribution in [0, 0.1) is 18.2 Å². The predicted molar refractivity (Wildman–Crippen MR) is 107 cm³/mol. The molecule has 0 radical (unpaired) electrons. The average Bonchev–Trinajstić information content (AvgIpc) is 2.94. The highest BCUT2D eigenvalue weighted by Gasteiger charge is 2.36. The summed E-state index contributed by atoms with van der Waals surface area (Å²) in [5.74, 6) is 1.30. The van der Waals surface area contributed by atoms with Crippen LogP contribution in [0.1, 0.15) is 43.9 Å². The fourth-order valence-electron chi connectivity index (χ4n) is 3.67. The van der Waals surface area contributed by atoms with Crippen molar-refractivity contribution in [3.05, 3.63) is 35.3 Å². The molecule has 0 atom stereocenters. The smallest absolute Gasteiger partial charge is 0.191 e. The minimum Gasteiger partial charge on any atom is -0.459 e. The predicted octanol–water partition coefficient (Wildman–Crippen LogP) is 4.14. The van der Waals surface area contributed by atoms with E-state index in [1.54, 1.807) is 13.2 Å². The monoisotopic (exact) mass is 375 g/mol. The third-order valence-electron chi connectivity index (χ3n) is 5.60. The number of nitrogens with zero attached hydrogens (tertiary/aromatic N) is 1. The number of fused-ring (bicyclic) bond motifs is 1. The van der Waals surface area contributed by atoms with Gasteiger partial charge < -0.3 is 19.8 Å². The normalized spacial score (nSPS) is 16.4. The van der Waals surface area contributed by atoms with E-state index >= 15 is 0 Å². The summed E-state index contributed by atoms with van der Waals surface area (Å²) < 4.78 is 24.6. The first-order chi connectivity index (χ1) is 13.1. The number of furan rings is 1. The van der Waals surface area contributed by atoms with E-state index in [0.717, 1.165) is 48.8 Å². The molecule has 0 saturated heterocycles. The van der Waals surface area contributed by atoms with Crippen LogP contribution in [0.3, 0.4) is 0 Å². The molecule has 1 aromatic heterocycles. The van der Waals surface area contributed by atoms with Crippen molar-refractivity contribution in [1.82, 2.24) is 10.6 Å². The Morgan fingerprint density at radius 1 is 1.33 bits per heavy atom. The molecule has 0 unspecified atom stereocenters. The summed E-state index contributed by atoms with van der Waals surface area (Å²) in [6, 6.07) is 4.60. The van der Waals surface area contributed by atoms with Crippen LogP contribution >= 0.6 is 0 Å². The van der Waals surface area contributed by atoms with Crippen LogP contribution in [0.2, 0.25) is 0 Å². The molecule has 3 rings (SSSR count). The zero-order chi connectivity index (χ0) is 19.3. The molecule has 1 aliphatic carbocycles. The maximum Gasteiger partial charge on any atom is 0.191 e. The molecule has 1 aromatic carbocycles. The molecule has 27 heavy (non-hydrogen) atoms. The molecular formula is C21H30FN3O2. The number of benzene rings is 1. The highest BCUT2D eigenvalue weighted by Crippen LogP contribution is 2.43. The minimum atomic E-state index is -0.252. The zero-order valence-corrected chi connectivity index (χ0v) is 16.5. The van der Waals surface area contributed by atoms with Gasteiger partial charge in [-0.05, 0) is 56.7 Å². The second kappa shape index (κ2) is 8.74. The van der Waals surface area contributed by atoms with Gasteiger partial charge in [-0.15, -0.1) is 0 Å². The van der Waals surface area contributed by atoms with Gasteiger partial charge in [-0.3, -0.25) is 0 Å². The number of methoxy groups -OCH3 is 1. The van der Waals surface area contributed by atoms with Crippen LogP contribution < -0.4 is 10.6 Å². The highest BCUT2D eigenvalue weighted by molar-refractivity contribution is 5.82. The lowest BCUT2D eigenvalue weighted by atomic mass is 9.67. The largest absolute Gasteiger partial charge is 0.459 e. The van der Waals surface area contributed by atoms with Crippen molar-refractivity contribution in [3.8, 4) is 0 Å². The van der Waals surface area contributed by atoms with E-state index in [1.807, 2.05) is 6.92 Å². The Labute approximate surface area is 160 Å². The molecule has 1 heterocycles. The first-order valence-electron chi connectivity index (χ1n) is 9.75. The molecular weight excluding hydrogens is 345 g/mol. The number of aryl methyl sites for hydroxylation is 1. The maximum absolute atomic E-state index is 13.5. The third kappa shape index (κ3) is 4.61. The molecule has 0 aliphatic heterocycles. The van der Waals surface area contributed by atoms with Crippen LogP contribution in [0.5, 0.6) is 0 Å². The Balaban J connectivity index is 1.68. The third-order valence-corrected chi connectivity index (χ3v) is 5.60. The lowest BCUT2D eigenvalue weighted by molar-refractivity contribution is 0.0732. The van der Waals surface area contributed by atoms with Crippen molar-refractivity contribution >= 4 is 16.9 Å². The van der Waals surface area contributed by atoms with Crippen LogP contribution in [0.4, 0.5) is 4.39 Å². The molecule has 0 bridgehead atoms. The Morgan fingerprint density at radius 2 is 2.15 bits per heavy atom. The number of nitrogens with one attached hydrogen (secondary N) is 2. The fraction of sp³-hybridized carbons (Fsp3) is 0.571. The number of hydrogen-bond acceptors (Lipinski definition) is 3. The standard InChI is InChI=1S/C21H30FN3O2/c1-4-23-20(25-14-21(8-5-9-21)10-11-26-3)24-13-19-15(2)17-12-16(22)6-7-18(17)27-19/h6-7,12H,4-5,8-11,13-14H2,1-3H3,(H2,23,24,25). The van der Waals surface area contributed by atoms with Crippen molar-refractivity contribution < 1.29 is 13.5 Å². The molecule has 2 aromatic rings. The van der Waals surface area contributed by atoms with E-state index in [4.69, 9.17) is 9.15 Å². The summed E-state index contributed by atoms with van der Waals surface area (Å²) in [6.45, 7) is 6.90. The molecule has 2 N–H and O–H groups in total. The number of halogens is 1. The molecule has 6 heteroatoms. The zero-order valence-electron chi connectivity index (χ0n) is 16.5. The van der Waals surface area contributed by atoms with E-state index in [0.29, 0.717) is 17.5 Å². The lowest BCUT2D eigenvalue weighted by Crippen LogP contribution is -2.46. The van der Waals surface area contributed by atoms with Gasteiger partial charge in [-0.1, -0.05) is 6.42 Å². The maximum atomic E-state index is 13.5. The van der Waals surface area contributed by atoms with Crippen molar-refractivity contribution in [2.45, 2.75) is 46.1 Å².